The molecule has 0 bridgehead atoms. The first-order chi connectivity index (χ1) is 9.34. The number of ether oxygens (including phenoxy) is 3. The van der Waals surface area contributed by atoms with Gasteiger partial charge in [-0.25, -0.2) is 0 Å². The van der Waals surface area contributed by atoms with Crippen molar-refractivity contribution in [3.05, 3.63) is 34.9 Å². The van der Waals surface area contributed by atoms with Gasteiger partial charge in [-0.3, -0.25) is 4.98 Å². The summed E-state index contributed by atoms with van der Waals surface area (Å²) in [7, 11) is 0. The van der Waals surface area contributed by atoms with Crippen molar-refractivity contribution in [2.24, 2.45) is 0 Å². The normalized spacial score (nSPS) is 16.1. The Morgan fingerprint density at radius 2 is 2.05 bits per heavy atom. The maximum atomic E-state index is 5.74. The highest BCUT2D eigenvalue weighted by Gasteiger charge is 2.16. The summed E-state index contributed by atoms with van der Waals surface area (Å²) >= 11 is 3.57. The van der Waals surface area contributed by atoms with Crippen LogP contribution in [0.25, 0.3) is 10.9 Å². The van der Waals surface area contributed by atoms with Crippen molar-refractivity contribution in [1.29, 1.82) is 0 Å². The summed E-state index contributed by atoms with van der Waals surface area (Å²) in [6.07, 6.45) is 2.33. The molecule has 3 rings (SSSR count). The maximum absolute atomic E-state index is 5.74. The summed E-state index contributed by atoms with van der Waals surface area (Å²) in [5, 5.41) is 1.05. The zero-order valence-corrected chi connectivity index (χ0v) is 11.9. The van der Waals surface area contributed by atoms with Gasteiger partial charge >= 0.3 is 0 Å². The first kappa shape index (κ1) is 12.8. The maximum Gasteiger partial charge on any atom is 0.161 e. The lowest BCUT2D eigenvalue weighted by atomic mass is 10.2. The van der Waals surface area contributed by atoms with E-state index in [1.54, 1.807) is 6.20 Å². The van der Waals surface area contributed by atoms with Crippen LogP contribution in [0.15, 0.2) is 34.9 Å². The van der Waals surface area contributed by atoms with Gasteiger partial charge in [-0.05, 0) is 22.0 Å². The molecule has 1 saturated heterocycles. The molecule has 19 heavy (non-hydrogen) atoms. The second kappa shape index (κ2) is 5.86. The van der Waals surface area contributed by atoms with Gasteiger partial charge in [0.1, 0.15) is 0 Å². The fourth-order valence-electron chi connectivity index (χ4n) is 2.03. The molecule has 0 amide bonds. The predicted molar refractivity (Wildman–Crippen MR) is 75.2 cm³/mol. The van der Waals surface area contributed by atoms with E-state index in [2.05, 4.69) is 20.9 Å². The lowest BCUT2D eigenvalue weighted by Gasteiger charge is -2.12. The molecular weight excluding hydrogens is 310 g/mol. The summed E-state index contributed by atoms with van der Waals surface area (Å²) in [4.78, 5) is 4.37. The monoisotopic (exact) mass is 323 g/mol. The van der Waals surface area contributed by atoms with Gasteiger partial charge in [-0.1, -0.05) is 18.2 Å². The van der Waals surface area contributed by atoms with Crippen LogP contribution in [0.5, 0.6) is 5.75 Å². The van der Waals surface area contributed by atoms with Crippen molar-refractivity contribution >= 4 is 26.8 Å². The van der Waals surface area contributed by atoms with Crippen LogP contribution in [0, 0.1) is 0 Å². The Balaban J connectivity index is 1.68. The van der Waals surface area contributed by atoms with Crippen LogP contribution in [-0.4, -0.2) is 31.1 Å². The van der Waals surface area contributed by atoms with Crippen LogP contribution in [-0.2, 0) is 9.47 Å². The Kier molecular flexibility index (Phi) is 3.96. The molecule has 0 spiro atoms. The number of hydrogen-bond acceptors (Lipinski definition) is 4. The molecule has 1 aliphatic rings. The molecule has 1 aromatic carbocycles. The third kappa shape index (κ3) is 2.88. The van der Waals surface area contributed by atoms with E-state index >= 15 is 0 Å². The van der Waals surface area contributed by atoms with E-state index in [9.17, 15) is 0 Å². The van der Waals surface area contributed by atoms with Crippen LogP contribution in [0.1, 0.15) is 6.42 Å². The third-order valence-corrected chi connectivity index (χ3v) is 3.80. The van der Waals surface area contributed by atoms with Gasteiger partial charge in [0.25, 0.3) is 0 Å². The second-order valence-corrected chi connectivity index (χ2v) is 5.05. The van der Waals surface area contributed by atoms with Crippen molar-refractivity contribution in [2.45, 2.75) is 12.7 Å². The number of fused-ring (bicyclic) bond motifs is 1. The van der Waals surface area contributed by atoms with E-state index in [1.165, 1.54) is 0 Å². The SMILES string of the molecule is Brc1c(OCCC2OCCO2)cnc2ccccc12. The first-order valence-electron chi connectivity index (χ1n) is 6.24. The topological polar surface area (TPSA) is 40.6 Å². The minimum atomic E-state index is -0.132. The quantitative estimate of drug-likeness (QED) is 0.866. The number of para-hydroxylation sites is 1. The molecule has 5 heteroatoms. The number of nitrogens with zero attached hydrogens (tertiary/aromatic N) is 1. The summed E-state index contributed by atoms with van der Waals surface area (Å²) in [5.74, 6) is 0.747. The summed E-state index contributed by atoms with van der Waals surface area (Å²) < 4.78 is 17.4. The van der Waals surface area contributed by atoms with Crippen LogP contribution in [0.4, 0.5) is 0 Å². The molecular formula is C14H14BrNO3. The minimum absolute atomic E-state index is 0.132. The van der Waals surface area contributed by atoms with Crippen molar-refractivity contribution in [2.75, 3.05) is 19.8 Å². The van der Waals surface area contributed by atoms with Gasteiger partial charge in [0.2, 0.25) is 0 Å². The van der Waals surface area contributed by atoms with Gasteiger partial charge < -0.3 is 14.2 Å². The predicted octanol–water partition coefficient (Wildman–Crippen LogP) is 3.14. The van der Waals surface area contributed by atoms with E-state index < -0.39 is 0 Å². The van der Waals surface area contributed by atoms with Crippen molar-refractivity contribution in [1.82, 2.24) is 4.98 Å². The molecule has 100 valence electrons. The van der Waals surface area contributed by atoms with Gasteiger partial charge in [-0.15, -0.1) is 0 Å². The minimum Gasteiger partial charge on any atom is -0.491 e. The van der Waals surface area contributed by atoms with Gasteiger partial charge in [-0.2, -0.15) is 0 Å². The number of halogens is 1. The number of aromatic nitrogens is 1. The largest absolute Gasteiger partial charge is 0.491 e. The number of rotatable bonds is 4. The molecule has 1 aromatic heterocycles. The highest BCUT2D eigenvalue weighted by Crippen LogP contribution is 2.31. The lowest BCUT2D eigenvalue weighted by molar-refractivity contribution is -0.0531. The van der Waals surface area contributed by atoms with Gasteiger partial charge in [0.05, 0.1) is 36.0 Å². The summed E-state index contributed by atoms with van der Waals surface area (Å²) in [5.41, 5.74) is 0.948. The zero-order chi connectivity index (χ0) is 13.1. The smallest absolute Gasteiger partial charge is 0.161 e. The molecule has 0 aliphatic carbocycles. The van der Waals surface area contributed by atoms with Gasteiger partial charge in [0.15, 0.2) is 12.0 Å². The Bertz CT molecular complexity index is 570. The van der Waals surface area contributed by atoms with Crippen LogP contribution < -0.4 is 4.74 Å². The average Bonchev–Trinajstić information content (AvgIpc) is 2.95. The Morgan fingerprint density at radius 3 is 2.89 bits per heavy atom. The first-order valence-corrected chi connectivity index (χ1v) is 7.03. The molecule has 0 unspecified atom stereocenters. The molecule has 2 aromatic rings. The molecule has 0 atom stereocenters. The highest BCUT2D eigenvalue weighted by molar-refractivity contribution is 9.10. The van der Waals surface area contributed by atoms with Crippen molar-refractivity contribution in [3.8, 4) is 5.75 Å². The Labute approximate surface area is 119 Å². The Hall–Kier alpha value is -1.17. The molecule has 4 nitrogen and oxygen atoms in total. The fourth-order valence-corrected chi connectivity index (χ4v) is 2.58. The van der Waals surface area contributed by atoms with E-state index in [0.29, 0.717) is 19.8 Å². The fraction of sp³-hybridized carbons (Fsp3) is 0.357. The zero-order valence-electron chi connectivity index (χ0n) is 10.3. The van der Waals surface area contributed by atoms with Crippen LogP contribution >= 0.6 is 15.9 Å². The molecule has 1 fully saturated rings. The summed E-state index contributed by atoms with van der Waals surface area (Å²) in [6, 6.07) is 7.95. The van der Waals surface area contributed by atoms with Crippen molar-refractivity contribution in [3.63, 3.8) is 0 Å². The van der Waals surface area contributed by atoms with Crippen LogP contribution in [0.3, 0.4) is 0 Å². The Morgan fingerprint density at radius 1 is 1.26 bits per heavy atom. The average molecular weight is 324 g/mol. The molecule has 0 N–H and O–H groups in total. The van der Waals surface area contributed by atoms with Crippen molar-refractivity contribution < 1.29 is 14.2 Å². The summed E-state index contributed by atoms with van der Waals surface area (Å²) in [6.45, 7) is 1.89. The molecule has 2 heterocycles. The van der Waals surface area contributed by atoms with Gasteiger partial charge in [0, 0.05) is 11.8 Å². The lowest BCUT2D eigenvalue weighted by Crippen LogP contribution is -2.12. The van der Waals surface area contributed by atoms with E-state index in [-0.39, 0.29) is 6.29 Å². The molecule has 0 radical (unpaired) electrons. The number of pyridine rings is 1. The second-order valence-electron chi connectivity index (χ2n) is 4.26. The third-order valence-electron chi connectivity index (χ3n) is 2.98. The molecule has 0 saturated carbocycles. The van der Waals surface area contributed by atoms with Crippen LogP contribution in [0.2, 0.25) is 0 Å². The number of benzene rings is 1. The molecule has 1 aliphatic heterocycles. The van der Waals surface area contributed by atoms with E-state index in [4.69, 9.17) is 14.2 Å². The van der Waals surface area contributed by atoms with E-state index in [0.717, 1.165) is 27.5 Å². The highest BCUT2D eigenvalue weighted by atomic mass is 79.9. The standard InChI is InChI=1S/C14H14BrNO3/c15-14-10-3-1-2-4-11(10)16-9-12(14)17-6-5-13-18-7-8-19-13/h1-4,9,13H,5-8H2. The van der Waals surface area contributed by atoms with E-state index in [1.807, 2.05) is 24.3 Å². The number of hydrogen-bond donors (Lipinski definition) is 0.